The third kappa shape index (κ3) is 28.2. The van der Waals surface area contributed by atoms with E-state index in [2.05, 4.69) is 31.9 Å². The van der Waals surface area contributed by atoms with Crippen LogP contribution in [-0.2, 0) is 52.5 Å². The summed E-state index contributed by atoms with van der Waals surface area (Å²) in [5.41, 5.74) is 5.04. The van der Waals surface area contributed by atoms with E-state index in [1.165, 1.54) is 0 Å². The number of hydrogen-bond donors (Lipinski definition) is 7. The Morgan fingerprint density at radius 2 is 1.17 bits per heavy atom. The number of rotatable bonds is 27. The minimum absolute atomic E-state index is 0.0156. The van der Waals surface area contributed by atoms with E-state index in [1.54, 1.807) is 111 Å². The first-order valence-corrected chi connectivity index (χ1v) is 23.4. The molecule has 0 saturated heterocycles. The molecule has 1 aliphatic rings. The Bertz CT molecular complexity index is 2030. The topological polar surface area (TPSA) is 281 Å². The summed E-state index contributed by atoms with van der Waals surface area (Å²) in [6.07, 6.45) is 12.8. The van der Waals surface area contributed by atoms with Crippen LogP contribution < -0.4 is 37.6 Å². The van der Waals surface area contributed by atoms with Gasteiger partial charge in [-0.3, -0.25) is 34.1 Å². The van der Waals surface area contributed by atoms with Gasteiger partial charge in [0.25, 0.3) is 5.91 Å². The zero-order valence-electron chi connectivity index (χ0n) is 42.2. The van der Waals surface area contributed by atoms with Crippen LogP contribution in [-0.4, -0.2) is 122 Å². The van der Waals surface area contributed by atoms with Gasteiger partial charge >= 0.3 is 18.0 Å². The van der Waals surface area contributed by atoms with Gasteiger partial charge in [-0.05, 0) is 131 Å². The van der Waals surface area contributed by atoms with Gasteiger partial charge in [-0.15, -0.1) is 0 Å². The molecule has 2 rings (SSSR count). The van der Waals surface area contributed by atoms with Crippen LogP contribution in [0.25, 0.3) is 0 Å². The molecule has 20 heteroatoms. The van der Waals surface area contributed by atoms with Gasteiger partial charge in [0.2, 0.25) is 23.6 Å². The molecule has 0 fully saturated rings. The fraction of sp³-hybridized carbons (Fsp3) is 0.560. The predicted octanol–water partition coefficient (Wildman–Crippen LogP) is 4.31. The molecule has 1 aromatic rings. The van der Waals surface area contributed by atoms with Gasteiger partial charge in [0.1, 0.15) is 41.5 Å². The molecule has 388 valence electrons. The maximum Gasteiger partial charge on any atom is 0.412 e. The van der Waals surface area contributed by atoms with Crippen molar-refractivity contribution in [1.82, 2.24) is 26.6 Å². The lowest BCUT2D eigenvalue weighted by Crippen LogP contribution is -2.47. The van der Waals surface area contributed by atoms with Crippen LogP contribution in [0, 0.1) is 0 Å². The summed E-state index contributed by atoms with van der Waals surface area (Å²) >= 11 is 0. The highest BCUT2D eigenvalue weighted by atomic mass is 16.6. The molecule has 3 unspecified atom stereocenters. The average Bonchev–Trinajstić information content (AvgIpc) is 3.23. The third-order valence-corrected chi connectivity index (χ3v) is 9.17. The van der Waals surface area contributed by atoms with E-state index >= 15 is 0 Å². The van der Waals surface area contributed by atoms with Gasteiger partial charge < -0.3 is 56.0 Å². The number of carbonyl (C=O) groups is 8. The number of amides is 6. The SMILES string of the molecule is CC(C)(C)OC(=O)Nc1ccc(C(=O)NCCCCC(NC(=O)COCCOCCNC(=O)CCC(NC(=O)CCC(N)C(=O)OC(C)(C)C)C(=O)OC(C)(C)C)C(=O)NC2=CC=CC=CC=C2)cc1. The largest absolute Gasteiger partial charge is 0.459 e. The number of esters is 2. The Morgan fingerprint density at radius 1 is 0.571 bits per heavy atom. The Morgan fingerprint density at radius 3 is 1.84 bits per heavy atom. The van der Waals surface area contributed by atoms with E-state index < -0.39 is 76.6 Å². The quantitative estimate of drug-likeness (QED) is 0.0368. The van der Waals surface area contributed by atoms with E-state index in [0.29, 0.717) is 36.3 Å². The Labute approximate surface area is 411 Å². The Kier molecular flexibility index (Phi) is 25.8. The van der Waals surface area contributed by atoms with Crippen molar-refractivity contribution < 1.29 is 62.0 Å². The molecule has 1 aliphatic carbocycles. The van der Waals surface area contributed by atoms with E-state index in [-0.39, 0.29) is 71.0 Å². The molecule has 3 atom stereocenters. The maximum atomic E-state index is 13.4. The highest BCUT2D eigenvalue weighted by Gasteiger charge is 2.29. The van der Waals surface area contributed by atoms with Gasteiger partial charge in [-0.25, -0.2) is 9.59 Å². The molecule has 1 aromatic carbocycles. The van der Waals surface area contributed by atoms with Crippen LogP contribution in [0.2, 0.25) is 0 Å². The van der Waals surface area contributed by atoms with E-state index in [0.717, 1.165) is 0 Å². The Balaban J connectivity index is 1.79. The molecule has 0 saturated carbocycles. The zero-order chi connectivity index (χ0) is 52.3. The minimum Gasteiger partial charge on any atom is -0.459 e. The summed E-state index contributed by atoms with van der Waals surface area (Å²) in [5.74, 6) is -3.58. The van der Waals surface area contributed by atoms with Crippen LogP contribution >= 0.6 is 0 Å². The summed E-state index contributed by atoms with van der Waals surface area (Å²) in [5, 5.41) is 16.3. The van der Waals surface area contributed by atoms with Crippen molar-refractivity contribution in [3.63, 3.8) is 0 Å². The normalized spacial score (nSPS) is 13.8. The summed E-state index contributed by atoms with van der Waals surface area (Å²) in [4.78, 5) is 102. The van der Waals surface area contributed by atoms with Crippen molar-refractivity contribution in [3.05, 3.63) is 78.1 Å². The van der Waals surface area contributed by atoms with Crippen molar-refractivity contribution in [2.24, 2.45) is 5.73 Å². The number of carbonyl (C=O) groups excluding carboxylic acids is 8. The molecule has 0 aromatic heterocycles. The third-order valence-electron chi connectivity index (χ3n) is 9.17. The van der Waals surface area contributed by atoms with Crippen molar-refractivity contribution >= 4 is 53.3 Å². The van der Waals surface area contributed by atoms with Crippen molar-refractivity contribution in [1.29, 1.82) is 0 Å². The number of unbranched alkanes of at least 4 members (excludes halogenated alkanes) is 1. The molecule has 6 amide bonds. The first kappa shape index (κ1) is 59.7. The van der Waals surface area contributed by atoms with Crippen LogP contribution in [0.3, 0.4) is 0 Å². The molecule has 0 bridgehead atoms. The first-order chi connectivity index (χ1) is 32.8. The molecule has 20 nitrogen and oxygen atoms in total. The van der Waals surface area contributed by atoms with Crippen molar-refractivity contribution in [3.8, 4) is 0 Å². The van der Waals surface area contributed by atoms with E-state index in [9.17, 15) is 38.4 Å². The smallest absolute Gasteiger partial charge is 0.412 e. The molecule has 0 radical (unpaired) electrons. The molecule has 0 heterocycles. The second-order valence-corrected chi connectivity index (χ2v) is 19.2. The monoisotopic (exact) mass is 982 g/mol. The number of nitrogens with two attached hydrogens (primary N) is 1. The van der Waals surface area contributed by atoms with Gasteiger partial charge in [0.15, 0.2) is 0 Å². The van der Waals surface area contributed by atoms with Crippen molar-refractivity contribution in [2.75, 3.05) is 44.8 Å². The highest BCUT2D eigenvalue weighted by molar-refractivity contribution is 5.95. The lowest BCUT2D eigenvalue weighted by atomic mass is 10.1. The first-order valence-electron chi connectivity index (χ1n) is 23.4. The summed E-state index contributed by atoms with van der Waals surface area (Å²) in [6.45, 7) is 15.7. The average molecular weight is 982 g/mol. The van der Waals surface area contributed by atoms with Crippen LogP contribution in [0.4, 0.5) is 10.5 Å². The second kappa shape index (κ2) is 30.3. The number of ether oxygens (including phenoxy) is 5. The molecule has 70 heavy (non-hydrogen) atoms. The molecule has 0 spiro atoms. The number of nitrogens with one attached hydrogen (secondary N) is 6. The lowest BCUT2D eigenvalue weighted by molar-refractivity contribution is -0.159. The van der Waals surface area contributed by atoms with Crippen LogP contribution in [0.1, 0.15) is 118 Å². The van der Waals surface area contributed by atoms with Gasteiger partial charge in [0, 0.05) is 42.9 Å². The van der Waals surface area contributed by atoms with Gasteiger partial charge in [0.05, 0.1) is 19.8 Å². The highest BCUT2D eigenvalue weighted by Crippen LogP contribution is 2.15. The summed E-state index contributed by atoms with van der Waals surface area (Å²) in [7, 11) is 0. The number of benzene rings is 1. The second-order valence-electron chi connectivity index (χ2n) is 19.2. The summed E-state index contributed by atoms with van der Waals surface area (Å²) in [6, 6.07) is 3.27. The van der Waals surface area contributed by atoms with Crippen molar-refractivity contribution in [2.45, 2.75) is 142 Å². The van der Waals surface area contributed by atoms with Crippen LogP contribution in [0.15, 0.2) is 72.5 Å². The van der Waals surface area contributed by atoms with Gasteiger partial charge in [-0.1, -0.05) is 30.4 Å². The fourth-order valence-electron chi connectivity index (χ4n) is 5.97. The lowest BCUT2D eigenvalue weighted by Gasteiger charge is -2.25. The number of hydrogen-bond acceptors (Lipinski definition) is 14. The van der Waals surface area contributed by atoms with Gasteiger partial charge in [-0.2, -0.15) is 0 Å². The molecule has 8 N–H and O–H groups in total. The molecule has 0 aliphatic heterocycles. The fourth-order valence-corrected chi connectivity index (χ4v) is 5.97. The van der Waals surface area contributed by atoms with E-state index in [1.807, 2.05) is 18.2 Å². The predicted molar refractivity (Wildman–Crippen MR) is 263 cm³/mol. The maximum absolute atomic E-state index is 13.4. The number of allylic oxidation sites excluding steroid dienone is 7. The summed E-state index contributed by atoms with van der Waals surface area (Å²) < 4.78 is 26.9. The standard InChI is InChI=1S/C50H75N7O13/c1-48(2,3)68-45(63)37(51)24-26-41(59)57-39(46(64)69-49(4,5)6)25-27-40(58)52-29-30-66-31-32-67-33-42(60)56-38(44(62)54-35-17-13-11-10-12-14-18-35)19-15-16-28-53-43(61)34-20-22-36(23-21-34)55-47(65)70-50(7,8)9/h10-14,17-18,20-23,37-39H,15-16,19,24-33,51H2,1-9H3,(H,52,58)(H,53,61)(H,54,62)(H,55,65)(H,56,60)(H,57,59). The zero-order valence-corrected chi connectivity index (χ0v) is 42.2. The molecular weight excluding hydrogens is 907 g/mol. The Hall–Kier alpha value is -6.38. The number of anilines is 1. The molecular formula is C50H75N7O13. The minimum atomic E-state index is -1.13. The van der Waals surface area contributed by atoms with Crippen LogP contribution in [0.5, 0.6) is 0 Å². The van der Waals surface area contributed by atoms with E-state index in [4.69, 9.17) is 29.4 Å².